The molecule has 304 valence electrons. The summed E-state index contributed by atoms with van der Waals surface area (Å²) >= 11 is 0. The number of fused-ring (bicyclic) bond motifs is 13. The van der Waals surface area contributed by atoms with E-state index < -0.39 is 5.41 Å². The summed E-state index contributed by atoms with van der Waals surface area (Å²) in [5.74, 6) is 0. The fraction of sp³-hybridized carbons (Fsp3) is 0.200. The lowest BCUT2D eigenvalue weighted by molar-refractivity contribution is 0.657. The maximum absolute atomic E-state index is 2.81. The summed E-state index contributed by atoms with van der Waals surface area (Å²) in [6, 6.07) is 63.8. The zero-order valence-corrected chi connectivity index (χ0v) is 36.8. The second-order valence-corrected chi connectivity index (χ2v) is 19.2. The Kier molecular flexibility index (Phi) is 7.91. The highest BCUT2D eigenvalue weighted by Gasteiger charge is 2.54. The third-order valence-electron chi connectivity index (χ3n) is 15.5. The average Bonchev–Trinajstić information content (AvgIpc) is 3.77. The first-order valence-corrected chi connectivity index (χ1v) is 23.5. The highest BCUT2D eigenvalue weighted by atomic mass is 15.1. The van der Waals surface area contributed by atoms with Crippen molar-refractivity contribution < 1.29 is 0 Å². The van der Waals surface area contributed by atoms with Crippen LogP contribution in [-0.2, 0) is 23.7 Å². The molecule has 0 amide bonds. The van der Waals surface area contributed by atoms with Gasteiger partial charge in [0.2, 0.25) is 0 Å². The van der Waals surface area contributed by atoms with Crippen LogP contribution in [0.15, 0.2) is 164 Å². The van der Waals surface area contributed by atoms with E-state index in [0.29, 0.717) is 0 Å². The zero-order chi connectivity index (χ0) is 42.2. The number of aromatic nitrogens is 1. The summed E-state index contributed by atoms with van der Waals surface area (Å²) in [4.78, 5) is 2.81. The summed E-state index contributed by atoms with van der Waals surface area (Å²) in [6.45, 7) is 9.54. The van der Waals surface area contributed by atoms with Crippen molar-refractivity contribution in [3.63, 3.8) is 0 Å². The molecule has 3 aliphatic heterocycles. The molecule has 0 fully saturated rings. The van der Waals surface area contributed by atoms with Gasteiger partial charge in [-0.15, -0.1) is 0 Å². The van der Waals surface area contributed by atoms with Crippen molar-refractivity contribution in [1.82, 2.24) is 4.57 Å². The number of hydrogen-bond acceptors (Lipinski definition) is 1. The molecule has 8 aromatic carbocycles. The summed E-state index contributed by atoms with van der Waals surface area (Å²) in [6.07, 6.45) is 6.92. The Labute approximate surface area is 372 Å². The lowest BCUT2D eigenvalue weighted by Gasteiger charge is -2.52. The van der Waals surface area contributed by atoms with Crippen LogP contribution in [0.1, 0.15) is 97.9 Å². The highest BCUT2D eigenvalue weighted by Crippen LogP contribution is 2.61. The molecule has 4 aliphatic rings. The molecule has 1 aliphatic carbocycles. The van der Waals surface area contributed by atoms with E-state index in [0.717, 1.165) is 12.8 Å². The Balaban J connectivity index is 1.24. The minimum absolute atomic E-state index is 0.0420. The fourth-order valence-electron chi connectivity index (χ4n) is 12.9. The summed E-state index contributed by atoms with van der Waals surface area (Å²) in [5, 5.41) is 2.79. The first kappa shape index (κ1) is 37.0. The van der Waals surface area contributed by atoms with Crippen LogP contribution in [0.4, 0.5) is 11.4 Å². The lowest BCUT2D eigenvalue weighted by Crippen LogP contribution is -2.63. The van der Waals surface area contributed by atoms with E-state index in [1.807, 2.05) is 0 Å². The van der Waals surface area contributed by atoms with Gasteiger partial charge in [0.15, 0.2) is 0 Å². The predicted octanol–water partition coefficient (Wildman–Crippen LogP) is 13.7. The van der Waals surface area contributed by atoms with Gasteiger partial charge in [-0.3, -0.25) is 0 Å². The molecule has 0 radical (unpaired) electrons. The fourth-order valence-corrected chi connectivity index (χ4v) is 12.9. The molecule has 0 bridgehead atoms. The number of rotatable bonds is 8. The van der Waals surface area contributed by atoms with Crippen LogP contribution in [0.3, 0.4) is 0 Å². The molecule has 0 atom stereocenters. The monoisotopic (exact) mass is 810 g/mol. The lowest BCUT2D eigenvalue weighted by atomic mass is 9.42. The van der Waals surface area contributed by atoms with E-state index in [1.54, 1.807) is 0 Å². The first-order valence-electron chi connectivity index (χ1n) is 23.5. The van der Waals surface area contributed by atoms with Crippen molar-refractivity contribution in [3.05, 3.63) is 208 Å². The second kappa shape index (κ2) is 13.5. The van der Waals surface area contributed by atoms with Gasteiger partial charge in [-0.25, -0.2) is 0 Å². The van der Waals surface area contributed by atoms with Gasteiger partial charge < -0.3 is 9.38 Å². The van der Waals surface area contributed by atoms with Crippen molar-refractivity contribution in [2.45, 2.75) is 77.0 Å². The SMILES string of the molecule is CCCCc1ccc2c(c1)c1cc(CCCC)cc3c1n2-c1c2c(cc4c1C(C)(C)c1ccccc1-4)-c1cccc4c1N(B23)c1ccccc1C4(c1ccccc1)c1ccccc1. The molecule has 2 nitrogen and oxygen atoms in total. The number of unbranched alkanes of at least 4 members (excludes halogenated alkanes) is 2. The van der Waals surface area contributed by atoms with Crippen molar-refractivity contribution in [2.75, 3.05) is 4.81 Å². The Morgan fingerprint density at radius 2 is 1.14 bits per heavy atom. The van der Waals surface area contributed by atoms with E-state index in [4.69, 9.17) is 0 Å². The molecule has 63 heavy (non-hydrogen) atoms. The van der Waals surface area contributed by atoms with Crippen LogP contribution in [0.5, 0.6) is 0 Å². The van der Waals surface area contributed by atoms with Crippen LogP contribution in [0, 0.1) is 0 Å². The summed E-state index contributed by atoms with van der Waals surface area (Å²) in [7, 11) is 0. The van der Waals surface area contributed by atoms with Crippen LogP contribution in [0.2, 0.25) is 0 Å². The maximum atomic E-state index is 2.81. The van der Waals surface area contributed by atoms with Gasteiger partial charge in [0.25, 0.3) is 0 Å². The van der Waals surface area contributed by atoms with E-state index in [2.05, 4.69) is 201 Å². The van der Waals surface area contributed by atoms with Crippen molar-refractivity contribution in [1.29, 1.82) is 0 Å². The van der Waals surface area contributed by atoms with E-state index >= 15 is 0 Å². The summed E-state index contributed by atoms with van der Waals surface area (Å²) < 4.78 is 2.75. The van der Waals surface area contributed by atoms with Gasteiger partial charge in [-0.2, -0.15) is 0 Å². The number of aryl methyl sites for hydroxylation is 2. The van der Waals surface area contributed by atoms with E-state index in [1.165, 1.54) is 142 Å². The first-order chi connectivity index (χ1) is 31.0. The zero-order valence-electron chi connectivity index (χ0n) is 36.8. The Hall–Kier alpha value is -6.58. The van der Waals surface area contributed by atoms with Crippen molar-refractivity contribution in [2.24, 2.45) is 0 Å². The maximum Gasteiger partial charge on any atom is 0.333 e. The van der Waals surface area contributed by atoms with Gasteiger partial charge in [0.05, 0.1) is 16.4 Å². The van der Waals surface area contributed by atoms with Gasteiger partial charge in [-0.1, -0.05) is 174 Å². The molecule has 1 aromatic heterocycles. The van der Waals surface area contributed by atoms with Crippen molar-refractivity contribution >= 4 is 51.0 Å². The molecule has 0 saturated heterocycles. The minimum Gasteiger partial charge on any atom is -0.376 e. The van der Waals surface area contributed by atoms with Crippen LogP contribution < -0.4 is 15.7 Å². The molecule has 0 unspecified atom stereocenters. The molecule has 0 N–H and O–H groups in total. The third-order valence-corrected chi connectivity index (χ3v) is 15.5. The molecular formula is C60H51BN2. The topological polar surface area (TPSA) is 8.17 Å². The van der Waals surface area contributed by atoms with Crippen LogP contribution in [0.25, 0.3) is 49.7 Å². The van der Waals surface area contributed by atoms with Gasteiger partial charge in [-0.05, 0) is 128 Å². The Morgan fingerprint density at radius 3 is 1.89 bits per heavy atom. The number of nitrogens with zero attached hydrogens (tertiary/aromatic N) is 2. The molecule has 9 aromatic rings. The quantitative estimate of drug-likeness (QED) is 0.139. The van der Waals surface area contributed by atoms with E-state index in [-0.39, 0.29) is 12.3 Å². The standard InChI is InChI=1S/C60H51BN2/c1-5-7-20-38-32-33-52-44(34-38)47-35-39(21-8-6-2)36-51-57(47)62(52)58-54-45(42-26-15-16-28-48(42)59(54,3)4)37-46-43-27-19-30-50-56(43)63(61(51)55(46)58)53-31-18-17-29-49(53)60(50,40-22-11-9-12-23-40)41-24-13-10-14-25-41/h9-19,22-37H,5-8,20-21H2,1-4H3. The van der Waals surface area contributed by atoms with Gasteiger partial charge >= 0.3 is 6.85 Å². The van der Waals surface area contributed by atoms with Crippen LogP contribution >= 0.6 is 0 Å². The number of para-hydroxylation sites is 2. The third kappa shape index (κ3) is 4.75. The molecule has 4 heterocycles. The molecule has 0 spiro atoms. The second-order valence-electron chi connectivity index (χ2n) is 19.2. The number of benzene rings is 8. The number of anilines is 2. The Morgan fingerprint density at radius 1 is 0.508 bits per heavy atom. The normalized spacial score (nSPS) is 15.2. The largest absolute Gasteiger partial charge is 0.376 e. The summed E-state index contributed by atoms with van der Waals surface area (Å²) in [5.41, 5.74) is 25.3. The predicted molar refractivity (Wildman–Crippen MR) is 266 cm³/mol. The Bertz CT molecular complexity index is 3310. The van der Waals surface area contributed by atoms with Crippen molar-refractivity contribution in [3.8, 4) is 27.9 Å². The van der Waals surface area contributed by atoms with Crippen LogP contribution in [-0.4, -0.2) is 11.4 Å². The number of hydrogen-bond donors (Lipinski definition) is 0. The molecule has 3 heteroatoms. The molecule has 13 rings (SSSR count). The molecular weight excluding hydrogens is 759 g/mol. The van der Waals surface area contributed by atoms with Gasteiger partial charge in [0.1, 0.15) is 0 Å². The highest BCUT2D eigenvalue weighted by molar-refractivity contribution is 6.94. The molecule has 0 saturated carbocycles. The smallest absolute Gasteiger partial charge is 0.333 e. The minimum atomic E-state index is -0.538. The average molecular weight is 811 g/mol. The van der Waals surface area contributed by atoms with E-state index in [9.17, 15) is 0 Å². The van der Waals surface area contributed by atoms with Gasteiger partial charge in [0, 0.05) is 38.8 Å².